The van der Waals surface area contributed by atoms with Crippen molar-refractivity contribution in [2.75, 3.05) is 17.3 Å². The predicted molar refractivity (Wildman–Crippen MR) is 94.8 cm³/mol. The van der Waals surface area contributed by atoms with Gasteiger partial charge >= 0.3 is 0 Å². The first-order chi connectivity index (χ1) is 11.1. The Morgan fingerprint density at radius 1 is 1.00 bits per heavy atom. The number of anilines is 2. The Morgan fingerprint density at radius 3 is 2.48 bits per heavy atom. The molecule has 0 aliphatic heterocycles. The van der Waals surface area contributed by atoms with Crippen LogP contribution in [0.2, 0.25) is 0 Å². The van der Waals surface area contributed by atoms with Gasteiger partial charge < -0.3 is 10.2 Å². The number of hydrogen-bond acceptors (Lipinski definition) is 1. The zero-order valence-electron chi connectivity index (χ0n) is 13.1. The highest BCUT2D eigenvalue weighted by Crippen LogP contribution is 2.26. The van der Waals surface area contributed by atoms with Crippen molar-refractivity contribution in [3.63, 3.8) is 0 Å². The molecule has 0 saturated heterocycles. The lowest BCUT2D eigenvalue weighted by molar-refractivity contribution is 0.640. The number of halogens is 1. The largest absolute Gasteiger partial charge is 0.326 e. The fourth-order valence-electron chi connectivity index (χ4n) is 2.56. The van der Waals surface area contributed by atoms with Gasteiger partial charge in [0.2, 0.25) is 0 Å². The van der Waals surface area contributed by atoms with E-state index in [2.05, 4.69) is 5.32 Å². The van der Waals surface area contributed by atoms with E-state index in [1.165, 1.54) is 6.07 Å². The summed E-state index contributed by atoms with van der Waals surface area (Å²) in [6.07, 6.45) is 0. The van der Waals surface area contributed by atoms with Crippen LogP contribution in [-0.2, 0) is 0 Å². The van der Waals surface area contributed by atoms with E-state index >= 15 is 0 Å². The quantitative estimate of drug-likeness (QED) is 0.529. The summed E-state index contributed by atoms with van der Waals surface area (Å²) in [7, 11) is 1.83. The van der Waals surface area contributed by atoms with Gasteiger partial charge in [-0.25, -0.2) is 4.39 Å². The molecular weight excluding hydrogens is 289 g/mol. The van der Waals surface area contributed by atoms with Crippen LogP contribution in [0.4, 0.5) is 15.8 Å². The zero-order chi connectivity index (χ0) is 16.4. The van der Waals surface area contributed by atoms with Crippen LogP contribution in [0, 0.1) is 18.2 Å². The number of benzene rings is 3. The molecule has 3 aromatic carbocycles. The molecule has 0 bridgehead atoms. The maximum atomic E-state index is 13.9. The predicted octanol–water partition coefficient (Wildman–Crippen LogP) is 4.77. The van der Waals surface area contributed by atoms with Crippen LogP contribution in [0.1, 0.15) is 5.56 Å². The van der Waals surface area contributed by atoms with Gasteiger partial charge in [0.25, 0.3) is 0 Å². The molecule has 116 valence electrons. The van der Waals surface area contributed by atoms with E-state index in [9.17, 15) is 4.39 Å². The van der Waals surface area contributed by atoms with Gasteiger partial charge in [0.15, 0.2) is 5.96 Å². The monoisotopic (exact) mass is 307 g/mol. The molecule has 2 N–H and O–H groups in total. The normalized spacial score (nSPS) is 10.6. The molecule has 0 aliphatic carbocycles. The first kappa shape index (κ1) is 15.0. The molecule has 0 unspecified atom stereocenters. The van der Waals surface area contributed by atoms with Crippen molar-refractivity contribution in [2.24, 2.45) is 0 Å². The maximum Gasteiger partial charge on any atom is 0.199 e. The first-order valence-corrected chi connectivity index (χ1v) is 7.39. The molecular formula is C19H18FN3. The average Bonchev–Trinajstić information content (AvgIpc) is 2.55. The number of rotatable bonds is 2. The van der Waals surface area contributed by atoms with Crippen molar-refractivity contribution >= 4 is 28.1 Å². The van der Waals surface area contributed by atoms with Crippen LogP contribution in [-0.4, -0.2) is 13.0 Å². The summed E-state index contributed by atoms with van der Waals surface area (Å²) >= 11 is 0. The number of nitrogens with zero attached hydrogens (tertiary/aromatic N) is 1. The van der Waals surface area contributed by atoms with E-state index in [1.54, 1.807) is 23.1 Å². The van der Waals surface area contributed by atoms with Crippen LogP contribution in [0.5, 0.6) is 0 Å². The Labute approximate surface area is 134 Å². The van der Waals surface area contributed by atoms with Crippen LogP contribution in [0.3, 0.4) is 0 Å². The van der Waals surface area contributed by atoms with Crippen molar-refractivity contribution in [1.29, 1.82) is 5.41 Å². The third-order valence-corrected chi connectivity index (χ3v) is 3.85. The Hall–Kier alpha value is -2.88. The summed E-state index contributed by atoms with van der Waals surface area (Å²) in [5.74, 6) is -0.0305. The standard InChI is InChI=1S/C19H18FN3/c1-13-6-3-7-14(12-13)23(2)19(21)22-18-11-5-8-15-16(18)9-4-10-17(15)20/h3-12H,1-2H3,(H2,21,22). The first-order valence-electron chi connectivity index (χ1n) is 7.39. The molecule has 0 aliphatic rings. The van der Waals surface area contributed by atoms with Gasteiger partial charge in [-0.05, 0) is 36.8 Å². The van der Waals surface area contributed by atoms with Gasteiger partial charge in [-0.2, -0.15) is 0 Å². The number of nitrogens with one attached hydrogen (secondary N) is 2. The summed E-state index contributed by atoms with van der Waals surface area (Å²) in [5.41, 5.74) is 2.77. The highest BCUT2D eigenvalue weighted by Gasteiger charge is 2.10. The van der Waals surface area contributed by atoms with Gasteiger partial charge in [0.05, 0.1) is 0 Å². The summed E-state index contributed by atoms with van der Waals surface area (Å²) in [5, 5.41) is 12.7. The highest BCUT2D eigenvalue weighted by atomic mass is 19.1. The van der Waals surface area contributed by atoms with Crippen molar-refractivity contribution in [1.82, 2.24) is 0 Å². The lowest BCUT2D eigenvalue weighted by atomic mass is 10.1. The Morgan fingerprint density at radius 2 is 1.70 bits per heavy atom. The average molecular weight is 307 g/mol. The Bertz CT molecular complexity index is 873. The molecule has 0 atom stereocenters. The van der Waals surface area contributed by atoms with Crippen molar-refractivity contribution in [3.8, 4) is 0 Å². The molecule has 0 radical (unpaired) electrons. The van der Waals surface area contributed by atoms with Gasteiger partial charge in [-0.3, -0.25) is 5.41 Å². The van der Waals surface area contributed by atoms with Gasteiger partial charge in [-0.15, -0.1) is 0 Å². The van der Waals surface area contributed by atoms with Gasteiger partial charge in [0, 0.05) is 29.2 Å². The molecule has 3 rings (SSSR count). The molecule has 23 heavy (non-hydrogen) atoms. The van der Waals surface area contributed by atoms with E-state index in [0.717, 1.165) is 16.6 Å². The number of aryl methyl sites for hydroxylation is 1. The third-order valence-electron chi connectivity index (χ3n) is 3.85. The van der Waals surface area contributed by atoms with Crippen LogP contribution >= 0.6 is 0 Å². The van der Waals surface area contributed by atoms with Crippen LogP contribution in [0.25, 0.3) is 10.8 Å². The van der Waals surface area contributed by atoms with Gasteiger partial charge in [0.1, 0.15) is 5.82 Å². The van der Waals surface area contributed by atoms with Gasteiger partial charge in [-0.1, -0.05) is 36.4 Å². The summed E-state index contributed by atoms with van der Waals surface area (Å²) in [4.78, 5) is 1.76. The molecule has 4 heteroatoms. The van der Waals surface area contributed by atoms with Crippen molar-refractivity contribution in [3.05, 3.63) is 72.0 Å². The van der Waals surface area contributed by atoms with Crippen LogP contribution in [0.15, 0.2) is 60.7 Å². The van der Waals surface area contributed by atoms with E-state index in [4.69, 9.17) is 5.41 Å². The fourth-order valence-corrected chi connectivity index (χ4v) is 2.56. The van der Waals surface area contributed by atoms with E-state index in [0.29, 0.717) is 11.1 Å². The molecule has 0 aromatic heterocycles. The maximum absolute atomic E-state index is 13.9. The highest BCUT2D eigenvalue weighted by molar-refractivity contribution is 6.08. The smallest absolute Gasteiger partial charge is 0.199 e. The minimum absolute atomic E-state index is 0.229. The van der Waals surface area contributed by atoms with Crippen molar-refractivity contribution < 1.29 is 4.39 Å². The van der Waals surface area contributed by atoms with E-state index < -0.39 is 0 Å². The molecule has 0 spiro atoms. The third kappa shape index (κ3) is 3.01. The minimum Gasteiger partial charge on any atom is -0.326 e. The molecule has 0 fully saturated rings. The van der Waals surface area contributed by atoms with Crippen molar-refractivity contribution in [2.45, 2.75) is 6.92 Å². The second kappa shape index (κ2) is 6.08. The molecule has 0 heterocycles. The molecule has 0 amide bonds. The Kier molecular flexibility index (Phi) is 3.98. The molecule has 3 aromatic rings. The van der Waals surface area contributed by atoms with Crippen LogP contribution < -0.4 is 10.2 Å². The topological polar surface area (TPSA) is 39.1 Å². The lowest BCUT2D eigenvalue weighted by Crippen LogP contribution is -2.32. The number of guanidine groups is 1. The Balaban J connectivity index is 1.90. The SMILES string of the molecule is Cc1cccc(N(C)C(=N)Nc2cccc3c(F)cccc23)c1. The fraction of sp³-hybridized carbons (Fsp3) is 0.105. The molecule has 0 saturated carbocycles. The van der Waals surface area contributed by atoms with E-state index in [1.807, 2.05) is 50.4 Å². The minimum atomic E-state index is -0.260. The second-order valence-corrected chi connectivity index (χ2v) is 5.51. The summed E-state index contributed by atoms with van der Waals surface area (Å²) in [6.45, 7) is 2.02. The zero-order valence-corrected chi connectivity index (χ0v) is 13.1. The van der Waals surface area contributed by atoms with E-state index in [-0.39, 0.29) is 11.8 Å². The molecule has 3 nitrogen and oxygen atoms in total. The summed E-state index contributed by atoms with van der Waals surface area (Å²) in [6, 6.07) is 18.3. The summed E-state index contributed by atoms with van der Waals surface area (Å²) < 4.78 is 13.9. The second-order valence-electron chi connectivity index (χ2n) is 5.51. The lowest BCUT2D eigenvalue weighted by Gasteiger charge is -2.22. The number of fused-ring (bicyclic) bond motifs is 1. The number of hydrogen-bond donors (Lipinski definition) is 2.